The van der Waals surface area contributed by atoms with E-state index in [-0.39, 0.29) is 29.0 Å². The molecule has 0 bridgehead atoms. The third-order valence-corrected chi connectivity index (χ3v) is 4.60. The van der Waals surface area contributed by atoms with E-state index < -0.39 is 11.7 Å². The molecule has 0 radical (unpaired) electrons. The lowest BCUT2D eigenvalue weighted by Crippen LogP contribution is -2.16. The highest BCUT2D eigenvalue weighted by molar-refractivity contribution is 6.01. The summed E-state index contributed by atoms with van der Waals surface area (Å²) >= 11 is 0. The largest absolute Gasteiger partial charge is 0.416 e. The van der Waals surface area contributed by atoms with Gasteiger partial charge in [-0.15, -0.1) is 0 Å². The minimum absolute atomic E-state index is 0.0260. The highest BCUT2D eigenvalue weighted by atomic mass is 19.4. The first-order valence-electron chi connectivity index (χ1n) is 9.20. The number of rotatable bonds is 4. The summed E-state index contributed by atoms with van der Waals surface area (Å²) in [6.45, 7) is 0. The van der Waals surface area contributed by atoms with Gasteiger partial charge in [-0.2, -0.15) is 13.2 Å². The first-order valence-corrected chi connectivity index (χ1v) is 9.20. The smallest absolute Gasteiger partial charge is 0.353 e. The Morgan fingerprint density at radius 3 is 2.61 bits per heavy atom. The molecular formula is C22H15F3N4O2. The molecule has 9 heteroatoms. The summed E-state index contributed by atoms with van der Waals surface area (Å²) in [6.07, 6.45) is -0.101. The zero-order valence-electron chi connectivity index (χ0n) is 15.9. The molecule has 2 aromatic carbocycles. The van der Waals surface area contributed by atoms with Crippen LogP contribution < -0.4 is 10.7 Å². The van der Waals surface area contributed by atoms with E-state index in [0.717, 1.165) is 12.1 Å². The second-order valence-electron chi connectivity index (χ2n) is 6.78. The number of nitrogens with zero attached hydrogens (tertiary/aromatic N) is 2. The number of aromatic amines is 1. The van der Waals surface area contributed by atoms with Crippen molar-refractivity contribution in [1.29, 1.82) is 0 Å². The Labute approximate surface area is 173 Å². The first kappa shape index (κ1) is 20.3. The summed E-state index contributed by atoms with van der Waals surface area (Å²) in [4.78, 5) is 36.0. The van der Waals surface area contributed by atoms with Gasteiger partial charge in [0.05, 0.1) is 28.9 Å². The summed E-state index contributed by atoms with van der Waals surface area (Å²) in [7, 11) is 0. The molecule has 2 heterocycles. The van der Waals surface area contributed by atoms with Crippen LogP contribution in [0.15, 0.2) is 71.9 Å². The maximum atomic E-state index is 13.1. The molecule has 156 valence electrons. The van der Waals surface area contributed by atoms with Gasteiger partial charge in [-0.1, -0.05) is 18.2 Å². The van der Waals surface area contributed by atoms with E-state index >= 15 is 0 Å². The number of nitrogens with one attached hydrogen (secondary N) is 2. The number of para-hydroxylation sites is 1. The van der Waals surface area contributed by atoms with Crippen molar-refractivity contribution in [2.75, 3.05) is 5.32 Å². The average molecular weight is 424 g/mol. The molecule has 0 saturated carbocycles. The van der Waals surface area contributed by atoms with Crippen molar-refractivity contribution in [3.63, 3.8) is 0 Å². The van der Waals surface area contributed by atoms with Crippen molar-refractivity contribution in [3.8, 4) is 11.3 Å². The van der Waals surface area contributed by atoms with Crippen molar-refractivity contribution < 1.29 is 18.0 Å². The predicted octanol–water partition coefficient (Wildman–Crippen LogP) is 4.19. The SMILES string of the molecule is O=C(Cc1cnccn1)Nc1cccc2c(=O)cc(-c3cccc(C(F)(F)F)c3)[nH]c12. The lowest BCUT2D eigenvalue weighted by Gasteiger charge is -2.12. The topological polar surface area (TPSA) is 87.7 Å². The van der Waals surface area contributed by atoms with Gasteiger partial charge in [-0.3, -0.25) is 19.6 Å². The van der Waals surface area contributed by atoms with Crippen LogP contribution >= 0.6 is 0 Å². The van der Waals surface area contributed by atoms with E-state index in [2.05, 4.69) is 20.3 Å². The highest BCUT2D eigenvalue weighted by Gasteiger charge is 2.30. The Morgan fingerprint density at radius 2 is 1.87 bits per heavy atom. The molecule has 0 unspecified atom stereocenters. The molecule has 2 aromatic heterocycles. The normalized spacial score (nSPS) is 11.5. The standard InChI is InChI=1S/C22H15F3N4O2/c23-22(24,25)14-4-1-3-13(9-14)18-11-19(30)16-5-2-6-17(21(16)29-18)28-20(31)10-15-12-26-7-8-27-15/h1-9,11-12H,10H2,(H,28,31)(H,29,30). The van der Waals surface area contributed by atoms with E-state index in [0.29, 0.717) is 22.3 Å². The molecule has 31 heavy (non-hydrogen) atoms. The number of benzene rings is 2. The fourth-order valence-corrected chi connectivity index (χ4v) is 3.17. The van der Waals surface area contributed by atoms with Gasteiger partial charge >= 0.3 is 6.18 Å². The molecule has 0 aliphatic carbocycles. The summed E-state index contributed by atoms with van der Waals surface area (Å²) in [5, 5.41) is 3.02. The number of halogens is 3. The van der Waals surface area contributed by atoms with Gasteiger partial charge in [0.15, 0.2) is 5.43 Å². The molecule has 0 saturated heterocycles. The van der Waals surface area contributed by atoms with Crippen LogP contribution in [-0.4, -0.2) is 20.9 Å². The van der Waals surface area contributed by atoms with Gasteiger partial charge in [-0.05, 0) is 29.8 Å². The van der Waals surface area contributed by atoms with Gasteiger partial charge in [0.2, 0.25) is 5.91 Å². The number of carbonyl (C=O) groups is 1. The van der Waals surface area contributed by atoms with E-state index in [1.165, 1.54) is 36.8 Å². The fourth-order valence-electron chi connectivity index (χ4n) is 3.17. The minimum atomic E-state index is -4.51. The fraction of sp³-hybridized carbons (Fsp3) is 0.0909. The minimum Gasteiger partial charge on any atom is -0.353 e. The van der Waals surface area contributed by atoms with Gasteiger partial charge < -0.3 is 10.3 Å². The monoisotopic (exact) mass is 424 g/mol. The Morgan fingerprint density at radius 1 is 1.06 bits per heavy atom. The predicted molar refractivity (Wildman–Crippen MR) is 109 cm³/mol. The van der Waals surface area contributed by atoms with Crippen LogP contribution in [0.25, 0.3) is 22.2 Å². The van der Waals surface area contributed by atoms with Gasteiger partial charge in [0, 0.05) is 35.7 Å². The van der Waals surface area contributed by atoms with E-state index in [9.17, 15) is 22.8 Å². The Balaban J connectivity index is 1.73. The lowest BCUT2D eigenvalue weighted by atomic mass is 10.1. The van der Waals surface area contributed by atoms with Gasteiger partial charge in [0.1, 0.15) is 0 Å². The maximum Gasteiger partial charge on any atom is 0.416 e. The van der Waals surface area contributed by atoms with Crippen molar-refractivity contribution in [2.45, 2.75) is 12.6 Å². The lowest BCUT2D eigenvalue weighted by molar-refractivity contribution is -0.137. The second-order valence-corrected chi connectivity index (χ2v) is 6.78. The summed E-state index contributed by atoms with van der Waals surface area (Å²) in [5.74, 6) is -0.377. The summed E-state index contributed by atoms with van der Waals surface area (Å²) in [5.41, 5.74) is 0.321. The molecular weight excluding hydrogens is 409 g/mol. The molecule has 0 aliphatic heterocycles. The van der Waals surface area contributed by atoms with Crippen LogP contribution in [0.1, 0.15) is 11.3 Å². The zero-order chi connectivity index (χ0) is 22.0. The number of hydrogen-bond donors (Lipinski definition) is 2. The molecule has 1 amide bonds. The third-order valence-electron chi connectivity index (χ3n) is 4.60. The summed E-state index contributed by atoms with van der Waals surface area (Å²) < 4.78 is 39.2. The molecule has 4 rings (SSSR count). The Kier molecular flexibility index (Phi) is 5.24. The third kappa shape index (κ3) is 4.45. The Bertz CT molecular complexity index is 1320. The van der Waals surface area contributed by atoms with Crippen molar-refractivity contribution in [1.82, 2.24) is 15.0 Å². The van der Waals surface area contributed by atoms with Crippen molar-refractivity contribution >= 4 is 22.5 Å². The Hall–Kier alpha value is -4.01. The van der Waals surface area contributed by atoms with Crippen LogP contribution in [0.4, 0.5) is 18.9 Å². The molecule has 0 fully saturated rings. The molecule has 0 spiro atoms. The molecule has 0 aliphatic rings. The summed E-state index contributed by atoms with van der Waals surface area (Å²) in [6, 6.07) is 10.7. The van der Waals surface area contributed by atoms with E-state index in [1.807, 2.05) is 0 Å². The quantitative estimate of drug-likeness (QED) is 0.514. The number of anilines is 1. The molecule has 0 atom stereocenters. The van der Waals surface area contributed by atoms with Crippen LogP contribution in [0.5, 0.6) is 0 Å². The molecule has 6 nitrogen and oxygen atoms in total. The zero-order valence-corrected chi connectivity index (χ0v) is 15.9. The second kappa shape index (κ2) is 8.02. The highest BCUT2D eigenvalue weighted by Crippen LogP contribution is 2.32. The molecule has 4 aromatic rings. The van der Waals surface area contributed by atoms with Crippen LogP contribution in [0.3, 0.4) is 0 Å². The van der Waals surface area contributed by atoms with E-state index in [1.54, 1.807) is 18.2 Å². The molecule has 2 N–H and O–H groups in total. The number of carbonyl (C=O) groups excluding carboxylic acids is 1. The van der Waals surface area contributed by atoms with Crippen molar-refractivity contribution in [3.05, 3.63) is 88.6 Å². The van der Waals surface area contributed by atoms with Gasteiger partial charge in [-0.25, -0.2) is 0 Å². The average Bonchev–Trinajstić information content (AvgIpc) is 2.74. The van der Waals surface area contributed by atoms with Crippen LogP contribution in [-0.2, 0) is 17.4 Å². The number of fused-ring (bicyclic) bond motifs is 1. The number of amides is 1. The first-order chi connectivity index (χ1) is 14.8. The number of hydrogen-bond acceptors (Lipinski definition) is 4. The van der Waals surface area contributed by atoms with Crippen molar-refractivity contribution in [2.24, 2.45) is 0 Å². The number of pyridine rings is 1. The number of H-pyrrole nitrogens is 1. The van der Waals surface area contributed by atoms with Crippen LogP contribution in [0, 0.1) is 0 Å². The van der Waals surface area contributed by atoms with Crippen LogP contribution in [0.2, 0.25) is 0 Å². The number of alkyl halides is 3. The van der Waals surface area contributed by atoms with E-state index in [4.69, 9.17) is 0 Å². The number of aromatic nitrogens is 3. The maximum absolute atomic E-state index is 13.1. The van der Waals surface area contributed by atoms with Gasteiger partial charge in [0.25, 0.3) is 0 Å².